The Hall–Kier alpha value is -2.68. The second kappa shape index (κ2) is 9.46. The zero-order valence-electron chi connectivity index (χ0n) is 13.6. The van der Waals surface area contributed by atoms with E-state index < -0.39 is 5.91 Å². The average Bonchev–Trinajstić information content (AvgIpc) is 3.25. The van der Waals surface area contributed by atoms with Gasteiger partial charge in [0.2, 0.25) is 5.91 Å². The van der Waals surface area contributed by atoms with Gasteiger partial charge < -0.3 is 16.4 Å². The third-order valence-electron chi connectivity index (χ3n) is 3.75. The molecular formula is C19H22N4O. The van der Waals surface area contributed by atoms with E-state index in [0.29, 0.717) is 0 Å². The van der Waals surface area contributed by atoms with Crippen molar-refractivity contribution in [3.63, 3.8) is 0 Å². The van der Waals surface area contributed by atoms with Gasteiger partial charge >= 0.3 is 0 Å². The highest BCUT2D eigenvalue weighted by molar-refractivity contribution is 5.75. The van der Waals surface area contributed by atoms with Crippen molar-refractivity contribution in [2.24, 2.45) is 5.73 Å². The third kappa shape index (κ3) is 5.51. The summed E-state index contributed by atoms with van der Waals surface area (Å²) in [6.07, 6.45) is -0.181. The molecule has 2 heterocycles. The normalized spacial score (nSPS) is 13.3. The average molecular weight is 322 g/mol. The summed E-state index contributed by atoms with van der Waals surface area (Å²) in [6.45, 7) is 4.21. The lowest BCUT2D eigenvalue weighted by atomic mass is 10.1. The summed E-state index contributed by atoms with van der Waals surface area (Å²) in [5.74, 6) is -0.572. The van der Waals surface area contributed by atoms with Crippen LogP contribution in [0.3, 0.4) is 0 Å². The maximum atomic E-state index is 9.60. The lowest BCUT2D eigenvalue weighted by Gasteiger charge is -1.91. The van der Waals surface area contributed by atoms with E-state index in [1.165, 1.54) is 22.3 Å². The Kier molecular flexibility index (Phi) is 6.96. The minimum atomic E-state index is -0.572. The number of carbonyl (C=O) groups excluding carboxylic acids is 1. The first kappa shape index (κ1) is 17.7. The first-order chi connectivity index (χ1) is 11.7. The smallest absolute Gasteiger partial charge is 0.231 e. The molecule has 2 aliphatic heterocycles. The van der Waals surface area contributed by atoms with Crippen molar-refractivity contribution in [1.82, 2.24) is 10.6 Å². The molecule has 0 saturated heterocycles. The Morgan fingerprint density at radius 2 is 1.21 bits per heavy atom. The third-order valence-corrected chi connectivity index (χ3v) is 3.75. The largest absolute Gasteiger partial charge is 0.369 e. The molecule has 2 aromatic carbocycles. The van der Waals surface area contributed by atoms with Gasteiger partial charge in [-0.2, -0.15) is 5.26 Å². The number of primary amides is 1. The first-order valence-corrected chi connectivity index (χ1v) is 7.91. The molecule has 4 N–H and O–H groups in total. The summed E-state index contributed by atoms with van der Waals surface area (Å²) >= 11 is 0. The maximum Gasteiger partial charge on any atom is 0.231 e. The summed E-state index contributed by atoms with van der Waals surface area (Å²) in [5, 5.41) is 14.3. The van der Waals surface area contributed by atoms with Crippen LogP contribution in [-0.2, 0) is 31.0 Å². The molecule has 4 rings (SSSR count). The molecule has 5 nitrogen and oxygen atoms in total. The van der Waals surface area contributed by atoms with Crippen molar-refractivity contribution < 1.29 is 4.79 Å². The van der Waals surface area contributed by atoms with E-state index in [2.05, 4.69) is 64.9 Å². The number of nitrogens with two attached hydrogens (primary N) is 1. The van der Waals surface area contributed by atoms with E-state index in [0.717, 1.165) is 26.2 Å². The quantitative estimate of drug-likeness (QED) is 0.748. The fourth-order valence-electron chi connectivity index (χ4n) is 2.55. The van der Waals surface area contributed by atoms with Crippen LogP contribution in [0.2, 0.25) is 0 Å². The molecule has 2 aliphatic rings. The van der Waals surface area contributed by atoms with Crippen molar-refractivity contribution in [3.05, 3.63) is 70.8 Å². The lowest BCUT2D eigenvalue weighted by molar-refractivity contribution is -0.117. The van der Waals surface area contributed by atoms with Crippen LogP contribution in [0.15, 0.2) is 48.5 Å². The SMILES string of the molecule is N#CCC(N)=O.c1ccc2c(c1)CNC2.c1ccc2c(c1)CNC2. The van der Waals surface area contributed by atoms with Crippen LogP contribution < -0.4 is 16.4 Å². The monoisotopic (exact) mass is 322 g/mol. The van der Waals surface area contributed by atoms with Gasteiger partial charge in [-0.1, -0.05) is 48.5 Å². The predicted molar refractivity (Wildman–Crippen MR) is 93.4 cm³/mol. The number of rotatable bonds is 1. The van der Waals surface area contributed by atoms with Gasteiger partial charge in [-0.25, -0.2) is 0 Å². The van der Waals surface area contributed by atoms with Crippen LogP contribution >= 0.6 is 0 Å². The van der Waals surface area contributed by atoms with Crippen LogP contribution in [0.4, 0.5) is 0 Å². The molecular weight excluding hydrogens is 300 g/mol. The number of nitriles is 1. The molecule has 1 amide bonds. The molecule has 124 valence electrons. The standard InChI is InChI=1S/2C8H9N.C3H4N2O/c2*1-2-4-8-6-9-5-7(8)3-1;4-2-1-3(5)6/h2*1-4,9H,5-6H2;1H2,(H2,5,6). The second-order valence-electron chi connectivity index (χ2n) is 5.55. The van der Waals surface area contributed by atoms with E-state index in [-0.39, 0.29) is 6.42 Å². The molecule has 24 heavy (non-hydrogen) atoms. The van der Waals surface area contributed by atoms with Gasteiger partial charge in [0, 0.05) is 26.2 Å². The highest BCUT2D eigenvalue weighted by atomic mass is 16.1. The van der Waals surface area contributed by atoms with Crippen LogP contribution in [0.1, 0.15) is 28.7 Å². The highest BCUT2D eigenvalue weighted by Crippen LogP contribution is 2.13. The minimum Gasteiger partial charge on any atom is -0.369 e. The number of amides is 1. The Bertz CT molecular complexity index is 626. The number of nitrogens with zero attached hydrogens (tertiary/aromatic N) is 1. The summed E-state index contributed by atoms with van der Waals surface area (Å²) in [6, 6.07) is 18.7. The van der Waals surface area contributed by atoms with Crippen LogP contribution in [0.5, 0.6) is 0 Å². The lowest BCUT2D eigenvalue weighted by Crippen LogP contribution is -2.07. The highest BCUT2D eigenvalue weighted by Gasteiger charge is 2.06. The van der Waals surface area contributed by atoms with Crippen molar-refractivity contribution in [2.75, 3.05) is 0 Å². The molecule has 0 fully saturated rings. The maximum absolute atomic E-state index is 9.60. The molecule has 0 atom stereocenters. The number of hydrogen-bond acceptors (Lipinski definition) is 4. The number of fused-ring (bicyclic) bond motifs is 2. The summed E-state index contributed by atoms with van der Waals surface area (Å²) in [7, 11) is 0. The Morgan fingerprint density at radius 3 is 1.42 bits per heavy atom. The van der Waals surface area contributed by atoms with Gasteiger partial charge in [-0.15, -0.1) is 0 Å². The van der Waals surface area contributed by atoms with Crippen molar-refractivity contribution in [2.45, 2.75) is 32.6 Å². The van der Waals surface area contributed by atoms with Gasteiger partial charge in [0.15, 0.2) is 0 Å². The number of benzene rings is 2. The van der Waals surface area contributed by atoms with Gasteiger partial charge in [-0.3, -0.25) is 4.79 Å². The second-order valence-corrected chi connectivity index (χ2v) is 5.55. The molecule has 5 heteroatoms. The van der Waals surface area contributed by atoms with E-state index in [1.807, 2.05) is 0 Å². The van der Waals surface area contributed by atoms with E-state index >= 15 is 0 Å². The zero-order chi connectivity index (χ0) is 17.2. The Labute approximate surface area is 142 Å². The molecule has 0 spiro atoms. The van der Waals surface area contributed by atoms with Gasteiger partial charge in [0.25, 0.3) is 0 Å². The fourth-order valence-corrected chi connectivity index (χ4v) is 2.55. The zero-order valence-corrected chi connectivity index (χ0v) is 13.6. The molecule has 0 unspecified atom stereocenters. The van der Waals surface area contributed by atoms with Crippen LogP contribution in [-0.4, -0.2) is 5.91 Å². The summed E-state index contributed by atoms with van der Waals surface area (Å²) in [4.78, 5) is 9.60. The van der Waals surface area contributed by atoms with Gasteiger partial charge in [0.05, 0.1) is 6.07 Å². The Morgan fingerprint density at radius 1 is 0.875 bits per heavy atom. The molecule has 2 aromatic rings. The van der Waals surface area contributed by atoms with Gasteiger partial charge in [0.1, 0.15) is 6.42 Å². The number of carbonyl (C=O) groups is 1. The molecule has 0 radical (unpaired) electrons. The number of hydrogen-bond donors (Lipinski definition) is 3. The van der Waals surface area contributed by atoms with Crippen molar-refractivity contribution in [3.8, 4) is 6.07 Å². The number of nitrogens with one attached hydrogen (secondary N) is 2. The predicted octanol–water partition coefficient (Wildman–Crippen LogP) is 1.96. The Balaban J connectivity index is 0.000000134. The summed E-state index contributed by atoms with van der Waals surface area (Å²) in [5.41, 5.74) is 10.4. The molecule has 0 aromatic heterocycles. The fraction of sp³-hybridized carbons (Fsp3) is 0.263. The van der Waals surface area contributed by atoms with Gasteiger partial charge in [-0.05, 0) is 22.3 Å². The molecule has 0 saturated carbocycles. The summed E-state index contributed by atoms with van der Waals surface area (Å²) < 4.78 is 0. The van der Waals surface area contributed by atoms with E-state index in [9.17, 15) is 4.79 Å². The molecule has 0 aliphatic carbocycles. The van der Waals surface area contributed by atoms with E-state index in [1.54, 1.807) is 6.07 Å². The van der Waals surface area contributed by atoms with E-state index in [4.69, 9.17) is 5.26 Å². The van der Waals surface area contributed by atoms with Crippen molar-refractivity contribution >= 4 is 5.91 Å². The van der Waals surface area contributed by atoms with Crippen LogP contribution in [0, 0.1) is 11.3 Å². The topological polar surface area (TPSA) is 90.9 Å². The molecule has 0 bridgehead atoms. The van der Waals surface area contributed by atoms with Crippen molar-refractivity contribution in [1.29, 1.82) is 5.26 Å². The first-order valence-electron chi connectivity index (χ1n) is 7.91. The van der Waals surface area contributed by atoms with Crippen LogP contribution in [0.25, 0.3) is 0 Å². The minimum absolute atomic E-state index is 0.181.